The van der Waals surface area contributed by atoms with Crippen LogP contribution in [0.4, 0.5) is 4.39 Å². The van der Waals surface area contributed by atoms with Crippen LogP contribution in [0.3, 0.4) is 0 Å². The van der Waals surface area contributed by atoms with Gasteiger partial charge in [-0.1, -0.05) is 29.3 Å². The normalized spacial score (nSPS) is 23.3. The van der Waals surface area contributed by atoms with Gasteiger partial charge in [0.1, 0.15) is 17.5 Å². The van der Waals surface area contributed by atoms with E-state index in [9.17, 15) is 14.0 Å². The molecule has 0 radical (unpaired) electrons. The molecule has 1 aromatic carbocycles. The van der Waals surface area contributed by atoms with Crippen LogP contribution in [0, 0.1) is 24.1 Å². The summed E-state index contributed by atoms with van der Waals surface area (Å²) in [6, 6.07) is 2.93. The van der Waals surface area contributed by atoms with Crippen molar-refractivity contribution in [2.24, 2.45) is 5.92 Å². The zero-order chi connectivity index (χ0) is 18.1. The maximum absolute atomic E-state index is 14.8. The lowest BCUT2D eigenvalue weighted by Gasteiger charge is -2.16. The number of ketones is 2. The van der Waals surface area contributed by atoms with Gasteiger partial charge in [0.25, 0.3) is 0 Å². The average molecular weight is 377 g/mol. The largest absolute Gasteiger partial charge is 0.298 e. The zero-order valence-electron chi connectivity index (χ0n) is 13.3. The van der Waals surface area contributed by atoms with Crippen molar-refractivity contribution in [2.45, 2.75) is 31.6 Å². The Morgan fingerprint density at radius 2 is 1.96 bits per heavy atom. The third-order valence-corrected chi connectivity index (χ3v) is 5.29. The first-order valence-corrected chi connectivity index (χ1v) is 8.72. The minimum absolute atomic E-state index is 0.0371. The van der Waals surface area contributed by atoms with Gasteiger partial charge in [-0.25, -0.2) is 4.39 Å². The Kier molecular flexibility index (Phi) is 5.13. The number of benzene rings is 1. The van der Waals surface area contributed by atoms with Gasteiger partial charge in [-0.05, 0) is 42.2 Å². The number of hydrogen-bond donors (Lipinski definition) is 0. The highest BCUT2D eigenvalue weighted by atomic mass is 35.5. The van der Waals surface area contributed by atoms with E-state index in [0.29, 0.717) is 18.4 Å². The summed E-state index contributed by atoms with van der Waals surface area (Å²) >= 11 is 12.2. The van der Waals surface area contributed by atoms with Gasteiger partial charge in [0.2, 0.25) is 0 Å². The average Bonchev–Trinajstić information content (AvgIpc) is 2.83. The molecule has 1 saturated carbocycles. The summed E-state index contributed by atoms with van der Waals surface area (Å²) in [6.45, 7) is 0. The minimum Gasteiger partial charge on any atom is -0.298 e. The van der Waals surface area contributed by atoms with E-state index in [1.54, 1.807) is 12.1 Å². The van der Waals surface area contributed by atoms with Crippen molar-refractivity contribution in [3.8, 4) is 12.3 Å². The maximum Gasteiger partial charge on any atom is 0.152 e. The molecule has 2 aliphatic carbocycles. The number of rotatable bonds is 3. The Labute approximate surface area is 155 Å². The van der Waals surface area contributed by atoms with E-state index in [1.807, 2.05) is 6.08 Å². The van der Waals surface area contributed by atoms with Crippen molar-refractivity contribution in [1.29, 1.82) is 0 Å². The fraction of sp³-hybridized carbons (Fsp3) is 0.300. The van der Waals surface area contributed by atoms with E-state index < -0.39 is 17.7 Å². The van der Waals surface area contributed by atoms with Crippen LogP contribution in [0.15, 0.2) is 29.3 Å². The number of carbonyl (C=O) groups is 2. The lowest BCUT2D eigenvalue weighted by Crippen LogP contribution is -2.17. The predicted octanol–water partition coefficient (Wildman–Crippen LogP) is 5.04. The molecule has 3 rings (SSSR count). The summed E-state index contributed by atoms with van der Waals surface area (Å²) in [7, 11) is 0. The molecule has 25 heavy (non-hydrogen) atoms. The van der Waals surface area contributed by atoms with E-state index >= 15 is 0 Å². The van der Waals surface area contributed by atoms with Gasteiger partial charge in [-0.2, -0.15) is 0 Å². The molecule has 5 heteroatoms. The standard InChI is InChI=1S/C20H15Cl2FO2/c1-2-3-12-10-17(24)19(20(12)25)18-15(22)8-13(9-16(18)23)11-4-6-14(21)7-5-11/h1,4,6,8-9,12,19H,3,5,7,10H2. The van der Waals surface area contributed by atoms with Crippen molar-refractivity contribution in [3.05, 3.63) is 51.3 Å². The first-order valence-electron chi connectivity index (χ1n) is 7.96. The maximum atomic E-state index is 14.8. The Balaban J connectivity index is 1.98. The van der Waals surface area contributed by atoms with Crippen LogP contribution in [0.5, 0.6) is 0 Å². The van der Waals surface area contributed by atoms with Crippen LogP contribution in [0.2, 0.25) is 5.02 Å². The molecule has 128 valence electrons. The minimum atomic E-state index is -1.16. The Morgan fingerprint density at radius 3 is 2.56 bits per heavy atom. The van der Waals surface area contributed by atoms with Crippen LogP contribution in [-0.2, 0) is 9.59 Å². The van der Waals surface area contributed by atoms with Crippen LogP contribution in [-0.4, -0.2) is 11.6 Å². The van der Waals surface area contributed by atoms with E-state index in [-0.39, 0.29) is 35.0 Å². The predicted molar refractivity (Wildman–Crippen MR) is 96.9 cm³/mol. The lowest BCUT2D eigenvalue weighted by atomic mass is 9.90. The number of halogens is 3. The molecule has 2 atom stereocenters. The highest BCUT2D eigenvalue weighted by Crippen LogP contribution is 2.40. The Hall–Kier alpha value is -1.89. The third-order valence-electron chi connectivity index (χ3n) is 4.66. The molecule has 2 unspecified atom stereocenters. The summed E-state index contributed by atoms with van der Waals surface area (Å²) in [6.07, 6.45) is 10.4. The van der Waals surface area contributed by atoms with Crippen molar-refractivity contribution in [2.75, 3.05) is 0 Å². The molecule has 0 aromatic heterocycles. The topological polar surface area (TPSA) is 34.1 Å². The SMILES string of the molecule is C#CCC1CC(=O)C(c2c(F)cc(C3=CC=C(Cl)CC3)cc2Cl)C1=O. The van der Waals surface area contributed by atoms with E-state index in [0.717, 1.165) is 10.6 Å². The summed E-state index contributed by atoms with van der Waals surface area (Å²) < 4.78 is 14.8. The van der Waals surface area contributed by atoms with E-state index in [2.05, 4.69) is 5.92 Å². The van der Waals surface area contributed by atoms with E-state index in [1.165, 1.54) is 6.07 Å². The molecule has 0 heterocycles. The molecule has 1 fully saturated rings. The number of allylic oxidation sites excluding steroid dienone is 4. The Morgan fingerprint density at radius 1 is 1.20 bits per heavy atom. The van der Waals surface area contributed by atoms with Crippen molar-refractivity contribution < 1.29 is 14.0 Å². The van der Waals surface area contributed by atoms with Crippen LogP contribution in [0.25, 0.3) is 5.57 Å². The molecule has 1 aromatic rings. The van der Waals surface area contributed by atoms with Gasteiger partial charge >= 0.3 is 0 Å². The van der Waals surface area contributed by atoms with Crippen LogP contribution in [0.1, 0.15) is 42.7 Å². The summed E-state index contributed by atoms with van der Waals surface area (Å²) in [5.41, 5.74) is 1.50. The van der Waals surface area contributed by atoms with E-state index in [4.69, 9.17) is 29.6 Å². The number of terminal acetylenes is 1. The molecule has 0 amide bonds. The smallest absolute Gasteiger partial charge is 0.152 e. The molecular formula is C20H15Cl2FO2. The van der Waals surface area contributed by atoms with Gasteiger partial charge < -0.3 is 0 Å². The number of carbonyl (C=O) groups excluding carboxylic acids is 2. The van der Waals surface area contributed by atoms with Crippen molar-refractivity contribution >= 4 is 40.3 Å². The molecule has 0 aliphatic heterocycles. The van der Waals surface area contributed by atoms with Crippen LogP contribution < -0.4 is 0 Å². The van der Waals surface area contributed by atoms with Gasteiger partial charge in [0.05, 0.1) is 0 Å². The second kappa shape index (κ2) is 7.15. The number of hydrogen-bond acceptors (Lipinski definition) is 2. The molecule has 0 spiro atoms. The quantitative estimate of drug-likeness (QED) is 0.546. The molecule has 2 nitrogen and oxygen atoms in total. The summed E-state index contributed by atoms with van der Waals surface area (Å²) in [4.78, 5) is 24.7. The fourth-order valence-electron chi connectivity index (χ4n) is 3.37. The van der Waals surface area contributed by atoms with Crippen molar-refractivity contribution in [3.63, 3.8) is 0 Å². The number of Topliss-reactive ketones (excluding diaryl/α,β-unsaturated/α-hetero) is 2. The van der Waals surface area contributed by atoms with Crippen LogP contribution >= 0.6 is 23.2 Å². The van der Waals surface area contributed by atoms with Crippen molar-refractivity contribution in [1.82, 2.24) is 0 Å². The second-order valence-electron chi connectivity index (χ2n) is 6.27. The molecular weight excluding hydrogens is 362 g/mol. The zero-order valence-corrected chi connectivity index (χ0v) is 14.8. The van der Waals surface area contributed by atoms with Gasteiger partial charge in [0, 0.05) is 34.4 Å². The Bertz CT molecular complexity index is 838. The monoisotopic (exact) mass is 376 g/mol. The lowest BCUT2D eigenvalue weighted by molar-refractivity contribution is -0.124. The summed E-state index contributed by atoms with van der Waals surface area (Å²) in [5.74, 6) is -0.628. The van der Waals surface area contributed by atoms with Gasteiger partial charge in [-0.15, -0.1) is 12.3 Å². The molecule has 0 bridgehead atoms. The fourth-order valence-corrected chi connectivity index (χ4v) is 3.85. The molecule has 0 saturated heterocycles. The first-order chi connectivity index (χ1) is 11.9. The highest BCUT2D eigenvalue weighted by Gasteiger charge is 2.43. The van der Waals surface area contributed by atoms with Gasteiger partial charge in [-0.3, -0.25) is 9.59 Å². The molecule has 0 N–H and O–H groups in total. The highest BCUT2D eigenvalue weighted by molar-refractivity contribution is 6.33. The molecule has 2 aliphatic rings. The van der Waals surface area contributed by atoms with Gasteiger partial charge in [0.15, 0.2) is 5.78 Å². The first kappa shape index (κ1) is 17.9. The summed E-state index contributed by atoms with van der Waals surface area (Å²) in [5, 5.41) is 0.832. The third kappa shape index (κ3) is 3.42. The second-order valence-corrected chi connectivity index (χ2v) is 7.16.